The summed E-state index contributed by atoms with van der Waals surface area (Å²) in [5.41, 5.74) is -0.528. The summed E-state index contributed by atoms with van der Waals surface area (Å²) in [7, 11) is 1.67. The summed E-state index contributed by atoms with van der Waals surface area (Å²) in [6, 6.07) is 0. The summed E-state index contributed by atoms with van der Waals surface area (Å²) in [6.07, 6.45) is 7.28. The van der Waals surface area contributed by atoms with Gasteiger partial charge in [-0.1, -0.05) is 19.3 Å². The van der Waals surface area contributed by atoms with E-state index < -0.39 is 5.60 Å². The van der Waals surface area contributed by atoms with Crippen molar-refractivity contribution in [2.75, 3.05) is 20.3 Å². The van der Waals surface area contributed by atoms with Crippen molar-refractivity contribution in [1.82, 2.24) is 0 Å². The SMILES string of the molecule is COC1(C(=O)C2CCCCC2)CCOCC1. The molecule has 0 aromatic carbocycles. The highest BCUT2D eigenvalue weighted by Gasteiger charge is 2.43. The van der Waals surface area contributed by atoms with E-state index in [0.717, 1.165) is 25.7 Å². The fourth-order valence-corrected chi connectivity index (χ4v) is 2.99. The molecule has 92 valence electrons. The van der Waals surface area contributed by atoms with Crippen LogP contribution in [-0.4, -0.2) is 31.7 Å². The molecule has 0 N–H and O–H groups in total. The molecule has 0 radical (unpaired) electrons. The first kappa shape index (κ1) is 12.1. The smallest absolute Gasteiger partial charge is 0.167 e. The molecule has 1 saturated heterocycles. The maximum absolute atomic E-state index is 12.5. The Morgan fingerprint density at radius 3 is 2.38 bits per heavy atom. The highest BCUT2D eigenvalue weighted by molar-refractivity contribution is 5.89. The van der Waals surface area contributed by atoms with Gasteiger partial charge in [-0.3, -0.25) is 4.79 Å². The van der Waals surface area contributed by atoms with Gasteiger partial charge in [0.25, 0.3) is 0 Å². The number of hydrogen-bond acceptors (Lipinski definition) is 3. The maximum Gasteiger partial charge on any atom is 0.167 e. The van der Waals surface area contributed by atoms with Crippen molar-refractivity contribution in [1.29, 1.82) is 0 Å². The molecule has 3 nitrogen and oxygen atoms in total. The topological polar surface area (TPSA) is 35.5 Å². The van der Waals surface area contributed by atoms with Crippen molar-refractivity contribution in [3.8, 4) is 0 Å². The quantitative estimate of drug-likeness (QED) is 0.741. The van der Waals surface area contributed by atoms with Crippen LogP contribution in [0.15, 0.2) is 0 Å². The molecule has 0 spiro atoms. The molecule has 0 atom stereocenters. The Morgan fingerprint density at radius 1 is 1.19 bits per heavy atom. The second-order valence-electron chi connectivity index (χ2n) is 5.01. The third-order valence-corrected chi connectivity index (χ3v) is 4.12. The van der Waals surface area contributed by atoms with Crippen LogP contribution in [0.3, 0.4) is 0 Å². The van der Waals surface area contributed by atoms with Crippen LogP contribution in [0.5, 0.6) is 0 Å². The Balaban J connectivity index is 2.04. The number of rotatable bonds is 3. The minimum Gasteiger partial charge on any atom is -0.381 e. The van der Waals surface area contributed by atoms with Gasteiger partial charge in [0.1, 0.15) is 5.60 Å². The van der Waals surface area contributed by atoms with Crippen LogP contribution in [0.25, 0.3) is 0 Å². The monoisotopic (exact) mass is 226 g/mol. The van der Waals surface area contributed by atoms with Crippen LogP contribution in [0.2, 0.25) is 0 Å². The van der Waals surface area contributed by atoms with Gasteiger partial charge in [0.05, 0.1) is 0 Å². The molecule has 3 heteroatoms. The Hall–Kier alpha value is -0.410. The number of carbonyl (C=O) groups excluding carboxylic acids is 1. The zero-order valence-corrected chi connectivity index (χ0v) is 10.2. The predicted octanol–water partition coefficient (Wildman–Crippen LogP) is 2.33. The van der Waals surface area contributed by atoms with Crippen molar-refractivity contribution < 1.29 is 14.3 Å². The molecule has 1 heterocycles. The summed E-state index contributed by atoms with van der Waals surface area (Å²) in [4.78, 5) is 12.5. The van der Waals surface area contributed by atoms with E-state index in [0.29, 0.717) is 19.0 Å². The molecule has 2 rings (SSSR count). The van der Waals surface area contributed by atoms with Gasteiger partial charge in [0, 0.05) is 39.1 Å². The highest BCUT2D eigenvalue weighted by Crippen LogP contribution is 2.34. The normalized spacial score (nSPS) is 26.6. The zero-order valence-electron chi connectivity index (χ0n) is 10.2. The number of hydrogen-bond donors (Lipinski definition) is 0. The number of Topliss-reactive ketones (excluding diaryl/α,β-unsaturated/α-hetero) is 1. The summed E-state index contributed by atoms with van der Waals surface area (Å²) >= 11 is 0. The molecule has 0 unspecified atom stereocenters. The van der Waals surface area contributed by atoms with E-state index in [1.165, 1.54) is 19.3 Å². The summed E-state index contributed by atoms with van der Waals surface area (Å²) in [6.45, 7) is 1.32. The predicted molar refractivity (Wildman–Crippen MR) is 61.4 cm³/mol. The highest BCUT2D eigenvalue weighted by atomic mass is 16.5. The Morgan fingerprint density at radius 2 is 1.81 bits per heavy atom. The fourth-order valence-electron chi connectivity index (χ4n) is 2.99. The van der Waals surface area contributed by atoms with Crippen LogP contribution >= 0.6 is 0 Å². The van der Waals surface area contributed by atoms with E-state index in [4.69, 9.17) is 9.47 Å². The van der Waals surface area contributed by atoms with Gasteiger partial charge in [0.2, 0.25) is 0 Å². The lowest BCUT2D eigenvalue weighted by Gasteiger charge is -2.37. The van der Waals surface area contributed by atoms with Gasteiger partial charge >= 0.3 is 0 Å². The van der Waals surface area contributed by atoms with E-state index in [1.807, 2.05) is 0 Å². The largest absolute Gasteiger partial charge is 0.381 e. The maximum atomic E-state index is 12.5. The summed E-state index contributed by atoms with van der Waals surface area (Å²) in [5, 5.41) is 0. The number of methoxy groups -OCH3 is 1. The second kappa shape index (κ2) is 5.28. The number of carbonyl (C=O) groups is 1. The minimum atomic E-state index is -0.528. The van der Waals surface area contributed by atoms with Gasteiger partial charge in [-0.05, 0) is 12.8 Å². The van der Waals surface area contributed by atoms with Gasteiger partial charge in [-0.25, -0.2) is 0 Å². The first-order chi connectivity index (χ1) is 7.78. The Bertz CT molecular complexity index is 238. The summed E-state index contributed by atoms with van der Waals surface area (Å²) < 4.78 is 10.9. The van der Waals surface area contributed by atoms with Crippen LogP contribution in [0.1, 0.15) is 44.9 Å². The minimum absolute atomic E-state index is 0.242. The molecule has 2 aliphatic rings. The first-order valence-corrected chi connectivity index (χ1v) is 6.46. The lowest BCUT2D eigenvalue weighted by molar-refractivity contribution is -0.157. The average Bonchev–Trinajstić information content (AvgIpc) is 2.39. The molecule has 0 amide bonds. The molecule has 0 aromatic rings. The Labute approximate surface area is 97.5 Å². The molecule has 2 fully saturated rings. The molecular formula is C13H22O3. The molecule has 16 heavy (non-hydrogen) atoms. The van der Waals surface area contributed by atoms with Crippen molar-refractivity contribution in [2.24, 2.45) is 5.92 Å². The van der Waals surface area contributed by atoms with E-state index in [2.05, 4.69) is 0 Å². The van der Waals surface area contributed by atoms with Crippen molar-refractivity contribution in [3.05, 3.63) is 0 Å². The van der Waals surface area contributed by atoms with Crippen LogP contribution in [0, 0.1) is 5.92 Å². The average molecular weight is 226 g/mol. The molecule has 0 aromatic heterocycles. The molecule has 0 bridgehead atoms. The van der Waals surface area contributed by atoms with Gasteiger partial charge in [0.15, 0.2) is 5.78 Å². The third-order valence-electron chi connectivity index (χ3n) is 4.12. The Kier molecular flexibility index (Phi) is 3.98. The lowest BCUT2D eigenvalue weighted by Crippen LogP contribution is -2.48. The van der Waals surface area contributed by atoms with Crippen LogP contribution < -0.4 is 0 Å². The number of ether oxygens (including phenoxy) is 2. The van der Waals surface area contributed by atoms with E-state index in [9.17, 15) is 4.79 Å². The third kappa shape index (κ3) is 2.30. The molecule has 1 aliphatic heterocycles. The number of ketones is 1. The second-order valence-corrected chi connectivity index (χ2v) is 5.01. The van der Waals surface area contributed by atoms with Gasteiger partial charge in [-0.2, -0.15) is 0 Å². The van der Waals surface area contributed by atoms with E-state index >= 15 is 0 Å². The standard InChI is InChI=1S/C13H22O3/c1-15-13(7-9-16-10-8-13)12(14)11-5-3-2-4-6-11/h11H,2-10H2,1H3. The van der Waals surface area contributed by atoms with Gasteiger partial charge < -0.3 is 9.47 Å². The molecule has 1 aliphatic carbocycles. The van der Waals surface area contributed by atoms with Crippen molar-refractivity contribution >= 4 is 5.78 Å². The van der Waals surface area contributed by atoms with E-state index in [-0.39, 0.29) is 5.92 Å². The van der Waals surface area contributed by atoms with Gasteiger partial charge in [-0.15, -0.1) is 0 Å². The first-order valence-electron chi connectivity index (χ1n) is 6.46. The summed E-state index contributed by atoms with van der Waals surface area (Å²) in [5.74, 6) is 0.588. The molecular weight excluding hydrogens is 204 g/mol. The van der Waals surface area contributed by atoms with Crippen molar-refractivity contribution in [3.63, 3.8) is 0 Å². The zero-order chi connectivity index (χ0) is 11.4. The van der Waals surface area contributed by atoms with Crippen LogP contribution in [-0.2, 0) is 14.3 Å². The fraction of sp³-hybridized carbons (Fsp3) is 0.923. The molecule has 1 saturated carbocycles. The van der Waals surface area contributed by atoms with Crippen LogP contribution in [0.4, 0.5) is 0 Å². The van der Waals surface area contributed by atoms with E-state index in [1.54, 1.807) is 7.11 Å². The lowest BCUT2D eigenvalue weighted by atomic mass is 9.76. The van der Waals surface area contributed by atoms with Crippen molar-refractivity contribution in [2.45, 2.75) is 50.5 Å².